The highest BCUT2D eigenvalue weighted by atomic mass is 28.4. The lowest BCUT2D eigenvalue weighted by atomic mass is 9.76. The number of rotatable bonds is 5. The van der Waals surface area contributed by atoms with E-state index < -0.39 is 8.32 Å². The van der Waals surface area contributed by atoms with Crippen LogP contribution in [0.4, 0.5) is 10.5 Å². The second-order valence-electron chi connectivity index (χ2n) is 9.97. The van der Waals surface area contributed by atoms with Gasteiger partial charge in [0.05, 0.1) is 13.7 Å². The van der Waals surface area contributed by atoms with Gasteiger partial charge in [0.2, 0.25) is 0 Å². The first-order valence-corrected chi connectivity index (χ1v) is 13.4. The SMILES string of the molecule is COC(=O)N1CC[C@@]2(C/C=C(\C)CO[Si](C)(C)C(C)(C)C)c3ccccc3N[C@@H]12. The summed E-state index contributed by atoms with van der Waals surface area (Å²) in [5, 5.41) is 3.78. The number of nitrogens with zero attached hydrogens (tertiary/aromatic N) is 1. The molecular weight excluding hydrogens is 380 g/mol. The van der Waals surface area contributed by atoms with E-state index in [-0.39, 0.29) is 22.7 Å². The molecule has 0 spiro atoms. The summed E-state index contributed by atoms with van der Waals surface area (Å²) in [6, 6.07) is 8.42. The Kier molecular flexibility index (Phi) is 5.89. The molecule has 0 saturated carbocycles. The van der Waals surface area contributed by atoms with Crippen LogP contribution in [0.2, 0.25) is 18.1 Å². The van der Waals surface area contributed by atoms with Crippen molar-refractivity contribution in [2.45, 2.75) is 70.2 Å². The molecule has 160 valence electrons. The zero-order valence-corrected chi connectivity index (χ0v) is 20.0. The average molecular weight is 417 g/mol. The Labute approximate surface area is 176 Å². The van der Waals surface area contributed by atoms with Crippen molar-refractivity contribution in [3.8, 4) is 0 Å². The van der Waals surface area contributed by atoms with Gasteiger partial charge in [-0.15, -0.1) is 0 Å². The molecule has 0 radical (unpaired) electrons. The Hall–Kier alpha value is -1.79. The van der Waals surface area contributed by atoms with Gasteiger partial charge in [-0.2, -0.15) is 0 Å². The fraction of sp³-hybridized carbons (Fsp3) is 0.609. The standard InChI is InChI=1S/C23H36N2O3Si/c1-17(16-28-29(6,7)22(2,3)4)12-13-23-14-15-25(21(26)27-5)20(23)24-19-11-9-8-10-18(19)23/h8-12,20,24H,13-16H2,1-7H3/b17-12+/t20-,23-/m0/s1. The molecule has 2 atom stereocenters. The molecule has 2 aliphatic heterocycles. The minimum Gasteiger partial charge on any atom is -0.453 e. The number of hydrogen-bond donors (Lipinski definition) is 1. The summed E-state index contributed by atoms with van der Waals surface area (Å²) < 4.78 is 11.4. The van der Waals surface area contributed by atoms with Gasteiger partial charge in [0, 0.05) is 17.6 Å². The van der Waals surface area contributed by atoms with Gasteiger partial charge in [0.1, 0.15) is 6.17 Å². The Bertz CT molecular complexity index is 800. The number of fused-ring (bicyclic) bond motifs is 3. The van der Waals surface area contributed by atoms with Crippen LogP contribution in [0.5, 0.6) is 0 Å². The largest absolute Gasteiger partial charge is 0.453 e. The summed E-state index contributed by atoms with van der Waals surface area (Å²) in [7, 11) is -0.316. The van der Waals surface area contributed by atoms with E-state index in [2.05, 4.69) is 70.4 Å². The number of benzene rings is 1. The quantitative estimate of drug-likeness (QED) is 0.508. The normalized spacial score (nSPS) is 24.2. The predicted octanol–water partition coefficient (Wildman–Crippen LogP) is 5.51. The zero-order chi connectivity index (χ0) is 21.4. The molecule has 0 bridgehead atoms. The van der Waals surface area contributed by atoms with Crippen molar-refractivity contribution in [1.82, 2.24) is 4.90 Å². The Morgan fingerprint density at radius 3 is 2.69 bits per heavy atom. The number of ether oxygens (including phenoxy) is 1. The van der Waals surface area contributed by atoms with Crippen LogP contribution in [0, 0.1) is 0 Å². The van der Waals surface area contributed by atoms with Crippen molar-refractivity contribution in [2.75, 3.05) is 25.6 Å². The number of amides is 1. The lowest BCUT2D eigenvalue weighted by molar-refractivity contribution is 0.118. The van der Waals surface area contributed by atoms with Crippen molar-refractivity contribution < 1.29 is 14.0 Å². The molecule has 1 amide bonds. The molecule has 0 unspecified atom stereocenters. The third kappa shape index (κ3) is 3.97. The molecule has 0 aliphatic carbocycles. The van der Waals surface area contributed by atoms with E-state index >= 15 is 0 Å². The number of carbonyl (C=O) groups is 1. The highest BCUT2D eigenvalue weighted by Gasteiger charge is 2.54. The average Bonchev–Trinajstić information content (AvgIpc) is 3.17. The predicted molar refractivity (Wildman–Crippen MR) is 121 cm³/mol. The molecule has 3 rings (SSSR count). The van der Waals surface area contributed by atoms with E-state index in [9.17, 15) is 4.79 Å². The third-order valence-electron chi connectivity index (χ3n) is 7.08. The molecule has 1 fully saturated rings. The van der Waals surface area contributed by atoms with Crippen LogP contribution in [0.1, 0.15) is 46.1 Å². The minimum absolute atomic E-state index is 0.0716. The smallest absolute Gasteiger partial charge is 0.411 e. The van der Waals surface area contributed by atoms with E-state index in [1.54, 1.807) is 0 Å². The van der Waals surface area contributed by atoms with Crippen molar-refractivity contribution in [3.63, 3.8) is 0 Å². The first-order chi connectivity index (χ1) is 13.5. The van der Waals surface area contributed by atoms with Crippen LogP contribution in [0.3, 0.4) is 0 Å². The summed E-state index contributed by atoms with van der Waals surface area (Å²) in [5.41, 5.74) is 3.55. The number of para-hydroxylation sites is 1. The van der Waals surface area contributed by atoms with E-state index in [4.69, 9.17) is 9.16 Å². The van der Waals surface area contributed by atoms with Crippen LogP contribution in [-0.2, 0) is 14.6 Å². The number of likely N-dealkylation sites (tertiary alicyclic amines) is 1. The summed E-state index contributed by atoms with van der Waals surface area (Å²) in [6.07, 6.45) is 3.77. The van der Waals surface area contributed by atoms with Gasteiger partial charge in [0.15, 0.2) is 8.32 Å². The van der Waals surface area contributed by atoms with Gasteiger partial charge in [-0.05, 0) is 49.5 Å². The molecule has 1 saturated heterocycles. The van der Waals surface area contributed by atoms with Gasteiger partial charge >= 0.3 is 6.09 Å². The first kappa shape index (κ1) is 21.9. The molecule has 0 aromatic heterocycles. The molecule has 5 nitrogen and oxygen atoms in total. The van der Waals surface area contributed by atoms with Gasteiger partial charge in [-0.1, -0.05) is 50.6 Å². The third-order valence-corrected chi connectivity index (χ3v) is 11.6. The summed E-state index contributed by atoms with van der Waals surface area (Å²) in [4.78, 5) is 14.2. The number of methoxy groups -OCH3 is 1. The summed E-state index contributed by atoms with van der Waals surface area (Å²) >= 11 is 0. The number of hydrogen-bond acceptors (Lipinski definition) is 4. The van der Waals surface area contributed by atoms with Gasteiger partial charge in [-0.3, -0.25) is 4.90 Å². The minimum atomic E-state index is -1.77. The van der Waals surface area contributed by atoms with Crippen molar-refractivity contribution in [3.05, 3.63) is 41.5 Å². The molecule has 1 aromatic carbocycles. The second kappa shape index (κ2) is 7.80. The summed E-state index contributed by atoms with van der Waals surface area (Å²) in [5.74, 6) is 0. The van der Waals surface area contributed by atoms with Gasteiger partial charge in [-0.25, -0.2) is 4.79 Å². The maximum atomic E-state index is 12.3. The highest BCUT2D eigenvalue weighted by molar-refractivity contribution is 6.74. The number of nitrogens with one attached hydrogen (secondary N) is 1. The van der Waals surface area contributed by atoms with E-state index in [1.807, 2.05) is 11.0 Å². The Morgan fingerprint density at radius 2 is 2.03 bits per heavy atom. The lowest BCUT2D eigenvalue weighted by Crippen LogP contribution is -2.46. The fourth-order valence-electron chi connectivity index (χ4n) is 4.14. The van der Waals surface area contributed by atoms with Crippen molar-refractivity contribution in [2.24, 2.45) is 0 Å². The lowest BCUT2D eigenvalue weighted by Gasteiger charge is -2.36. The molecule has 1 aromatic rings. The molecule has 1 N–H and O–H groups in total. The van der Waals surface area contributed by atoms with Crippen LogP contribution in [0.15, 0.2) is 35.9 Å². The Balaban J connectivity index is 1.80. The van der Waals surface area contributed by atoms with Crippen LogP contribution < -0.4 is 5.32 Å². The van der Waals surface area contributed by atoms with Crippen LogP contribution >= 0.6 is 0 Å². The highest BCUT2D eigenvalue weighted by Crippen LogP contribution is 2.51. The summed E-state index contributed by atoms with van der Waals surface area (Å²) in [6.45, 7) is 14.9. The van der Waals surface area contributed by atoms with Crippen molar-refractivity contribution in [1.29, 1.82) is 0 Å². The second-order valence-corrected chi connectivity index (χ2v) is 14.8. The molecule has 2 heterocycles. The maximum absolute atomic E-state index is 12.3. The van der Waals surface area contributed by atoms with E-state index in [0.29, 0.717) is 13.2 Å². The number of carbonyl (C=O) groups excluding carboxylic acids is 1. The fourth-order valence-corrected chi connectivity index (χ4v) is 5.16. The van der Waals surface area contributed by atoms with E-state index in [1.165, 1.54) is 18.2 Å². The first-order valence-electron chi connectivity index (χ1n) is 10.5. The number of anilines is 1. The zero-order valence-electron chi connectivity index (χ0n) is 19.0. The Morgan fingerprint density at radius 1 is 1.34 bits per heavy atom. The maximum Gasteiger partial charge on any atom is 0.411 e. The van der Waals surface area contributed by atoms with E-state index in [0.717, 1.165) is 18.5 Å². The molecule has 2 aliphatic rings. The van der Waals surface area contributed by atoms with Crippen LogP contribution in [-0.4, -0.2) is 45.7 Å². The monoisotopic (exact) mass is 416 g/mol. The molecule has 29 heavy (non-hydrogen) atoms. The van der Waals surface area contributed by atoms with Gasteiger partial charge in [0.25, 0.3) is 0 Å². The van der Waals surface area contributed by atoms with Gasteiger partial charge < -0.3 is 14.5 Å². The topological polar surface area (TPSA) is 50.8 Å². The van der Waals surface area contributed by atoms with Crippen molar-refractivity contribution >= 4 is 20.1 Å². The van der Waals surface area contributed by atoms with Crippen LogP contribution in [0.25, 0.3) is 0 Å². The number of allylic oxidation sites excluding steroid dienone is 1. The molecule has 6 heteroatoms. The molecular formula is C23H36N2O3Si.